The van der Waals surface area contributed by atoms with Gasteiger partial charge in [-0.15, -0.1) is 0 Å². The second-order valence-electron chi connectivity index (χ2n) is 10.5. The molecule has 0 spiro atoms. The van der Waals surface area contributed by atoms with Crippen LogP contribution in [-0.2, 0) is 12.2 Å². The van der Waals surface area contributed by atoms with E-state index in [-0.39, 0.29) is 63.2 Å². The van der Waals surface area contributed by atoms with Crippen LogP contribution in [0.4, 0.5) is 0 Å². The van der Waals surface area contributed by atoms with Crippen LogP contribution in [0.1, 0.15) is 39.8 Å². The smallest absolute Gasteiger partial charge is 0.305 e. The molecule has 12 nitrogen and oxygen atoms in total. The summed E-state index contributed by atoms with van der Waals surface area (Å²) >= 11 is 0. The fraction of sp³-hybridized carbons (Fsp3) is 0.200. The Morgan fingerprint density at radius 2 is 1.31 bits per heavy atom. The molecule has 7 rings (SSSR count). The van der Waals surface area contributed by atoms with Crippen LogP contribution >= 0.6 is 0 Å². The van der Waals surface area contributed by atoms with Gasteiger partial charge in [0.1, 0.15) is 46.7 Å². The van der Waals surface area contributed by atoms with E-state index in [2.05, 4.69) is 0 Å². The average molecular weight is 577 g/mol. The Hall–Kier alpha value is -5.20. The normalized spacial score (nSPS) is 25.2. The minimum Gasteiger partial charge on any atom is -0.508 e. The van der Waals surface area contributed by atoms with Gasteiger partial charge >= 0.3 is 5.79 Å². The van der Waals surface area contributed by atoms with Crippen molar-refractivity contribution >= 4 is 0 Å². The third-order valence-electron chi connectivity index (χ3n) is 8.03. The first-order valence-electron chi connectivity index (χ1n) is 12.9. The molecule has 3 heterocycles. The van der Waals surface area contributed by atoms with Crippen molar-refractivity contribution < 1.29 is 60.2 Å². The van der Waals surface area contributed by atoms with Gasteiger partial charge in [-0.3, -0.25) is 0 Å². The van der Waals surface area contributed by atoms with E-state index in [4.69, 9.17) is 14.2 Å². The molecule has 42 heavy (non-hydrogen) atoms. The Labute approximate surface area is 236 Å². The van der Waals surface area contributed by atoms with E-state index in [0.29, 0.717) is 5.56 Å². The summed E-state index contributed by atoms with van der Waals surface area (Å²) in [6.07, 6.45) is -4.00. The van der Waals surface area contributed by atoms with Crippen LogP contribution in [0.2, 0.25) is 0 Å². The Morgan fingerprint density at radius 1 is 0.643 bits per heavy atom. The minimum absolute atomic E-state index is 0.0177. The van der Waals surface area contributed by atoms with Crippen LogP contribution in [0.3, 0.4) is 0 Å². The molecule has 3 unspecified atom stereocenters. The molecule has 0 amide bonds. The SMILES string of the molecule is Oc1cc(O)c2c(c1)O[C@]1(c3ccc(O)c(O)c3)Oc3cc(O)c4c(c3C2C1O)O[C@H](c1ccc(O)c(O)c1)C(O)C4. The molecule has 216 valence electrons. The number of aromatic hydroxyl groups is 7. The van der Waals surface area contributed by atoms with Gasteiger partial charge < -0.3 is 60.2 Å². The highest BCUT2D eigenvalue weighted by Gasteiger charge is 2.60. The average Bonchev–Trinajstić information content (AvgIpc) is 2.92. The number of fused-ring (bicyclic) bond motifs is 8. The van der Waals surface area contributed by atoms with E-state index in [9.17, 15) is 46.0 Å². The molecule has 12 heteroatoms. The topological polar surface area (TPSA) is 210 Å². The van der Waals surface area contributed by atoms with Crippen molar-refractivity contribution in [2.24, 2.45) is 0 Å². The number of hydrogen-bond donors (Lipinski definition) is 9. The lowest BCUT2D eigenvalue weighted by molar-refractivity contribution is -0.219. The molecule has 0 saturated carbocycles. The second-order valence-corrected chi connectivity index (χ2v) is 10.5. The predicted octanol–water partition coefficient (Wildman–Crippen LogP) is 2.79. The number of rotatable bonds is 2. The lowest BCUT2D eigenvalue weighted by Gasteiger charge is -2.50. The molecule has 0 saturated heterocycles. The summed E-state index contributed by atoms with van der Waals surface area (Å²) in [7, 11) is 0. The lowest BCUT2D eigenvalue weighted by atomic mass is 9.74. The van der Waals surface area contributed by atoms with Crippen LogP contribution < -0.4 is 14.2 Å². The Kier molecular flexibility index (Phi) is 5.30. The van der Waals surface area contributed by atoms with Crippen molar-refractivity contribution in [1.29, 1.82) is 0 Å². The van der Waals surface area contributed by atoms with E-state index in [1.807, 2.05) is 0 Å². The minimum atomic E-state index is -2.09. The van der Waals surface area contributed by atoms with Crippen molar-refractivity contribution in [2.75, 3.05) is 0 Å². The number of phenols is 7. The molecule has 0 aliphatic carbocycles. The summed E-state index contributed by atoms with van der Waals surface area (Å²) < 4.78 is 18.6. The number of hydrogen-bond acceptors (Lipinski definition) is 12. The molecule has 3 aliphatic rings. The quantitative estimate of drug-likeness (QED) is 0.158. The fourth-order valence-electron chi connectivity index (χ4n) is 6.09. The van der Waals surface area contributed by atoms with E-state index in [0.717, 1.165) is 12.1 Å². The molecular weight excluding hydrogens is 552 g/mol. The van der Waals surface area contributed by atoms with Crippen LogP contribution in [-0.4, -0.2) is 58.2 Å². The standard InChI is InChI=1S/C30H24O12/c31-13-7-20(37)24-22(8-13)41-30(12-2-4-16(33)19(36)6-12)29(39)26(24)25-23(42-30)10-17(34)14-9-21(38)27(40-28(14)25)11-1-3-15(32)18(35)5-11/h1-8,10,21,26-27,29,31-39H,9H2/t21?,26?,27-,29?,30-/m1/s1. The van der Waals surface area contributed by atoms with Crippen LogP contribution in [0.25, 0.3) is 0 Å². The Balaban J connectivity index is 1.47. The maximum absolute atomic E-state index is 11.9. The highest BCUT2D eigenvalue weighted by molar-refractivity contribution is 5.68. The van der Waals surface area contributed by atoms with Gasteiger partial charge in [0.05, 0.1) is 12.0 Å². The van der Waals surface area contributed by atoms with Crippen LogP contribution in [0, 0.1) is 0 Å². The van der Waals surface area contributed by atoms with Gasteiger partial charge in [0, 0.05) is 46.9 Å². The fourth-order valence-corrected chi connectivity index (χ4v) is 6.09. The zero-order chi connectivity index (χ0) is 29.7. The second kappa shape index (κ2) is 8.65. The van der Waals surface area contributed by atoms with E-state index >= 15 is 0 Å². The van der Waals surface area contributed by atoms with Gasteiger partial charge in [-0.05, 0) is 35.9 Å². The van der Waals surface area contributed by atoms with Gasteiger partial charge in [0.25, 0.3) is 0 Å². The summed E-state index contributed by atoms with van der Waals surface area (Å²) in [5.74, 6) is -6.11. The molecule has 2 bridgehead atoms. The zero-order valence-corrected chi connectivity index (χ0v) is 21.5. The van der Waals surface area contributed by atoms with Gasteiger partial charge in [0.2, 0.25) is 0 Å². The number of phenolic OH excluding ortho intramolecular Hbond substituents is 7. The van der Waals surface area contributed by atoms with Crippen molar-refractivity contribution in [3.05, 3.63) is 82.4 Å². The van der Waals surface area contributed by atoms with Crippen LogP contribution in [0.5, 0.6) is 57.5 Å². The third kappa shape index (κ3) is 3.49. The van der Waals surface area contributed by atoms with Crippen LogP contribution in [0.15, 0.2) is 54.6 Å². The van der Waals surface area contributed by atoms with Crippen molar-refractivity contribution in [3.63, 3.8) is 0 Å². The first-order chi connectivity index (χ1) is 20.0. The van der Waals surface area contributed by atoms with Gasteiger partial charge in [-0.2, -0.15) is 0 Å². The van der Waals surface area contributed by atoms with E-state index < -0.39 is 53.0 Å². The largest absolute Gasteiger partial charge is 0.508 e. The highest BCUT2D eigenvalue weighted by atomic mass is 16.7. The maximum atomic E-state index is 11.9. The predicted molar refractivity (Wildman–Crippen MR) is 141 cm³/mol. The number of ether oxygens (including phenoxy) is 3. The van der Waals surface area contributed by atoms with Crippen molar-refractivity contribution in [2.45, 2.75) is 36.4 Å². The summed E-state index contributed by atoms with van der Waals surface area (Å²) in [6, 6.07) is 11.1. The lowest BCUT2D eigenvalue weighted by Crippen LogP contribution is -2.57. The third-order valence-corrected chi connectivity index (χ3v) is 8.03. The summed E-state index contributed by atoms with van der Waals surface area (Å²) in [4.78, 5) is 0. The molecule has 0 fully saturated rings. The first-order valence-corrected chi connectivity index (χ1v) is 12.9. The van der Waals surface area contributed by atoms with Gasteiger partial charge in [0.15, 0.2) is 23.0 Å². The molecule has 0 radical (unpaired) electrons. The van der Waals surface area contributed by atoms with Crippen molar-refractivity contribution in [1.82, 2.24) is 0 Å². The Bertz CT molecular complexity index is 1790. The summed E-state index contributed by atoms with van der Waals surface area (Å²) in [5, 5.41) is 95.1. The van der Waals surface area contributed by atoms with E-state index in [1.165, 1.54) is 42.5 Å². The number of aliphatic hydroxyl groups is 2. The molecular formula is C30H24O12. The zero-order valence-electron chi connectivity index (χ0n) is 21.5. The summed E-state index contributed by atoms with van der Waals surface area (Å²) in [5.41, 5.74) is 0.842. The first kappa shape index (κ1) is 25.7. The highest BCUT2D eigenvalue weighted by Crippen LogP contribution is 2.62. The van der Waals surface area contributed by atoms with Crippen molar-refractivity contribution in [3.8, 4) is 57.5 Å². The van der Waals surface area contributed by atoms with E-state index in [1.54, 1.807) is 0 Å². The molecule has 4 aromatic rings. The maximum Gasteiger partial charge on any atom is 0.305 e. The molecule has 3 aliphatic heterocycles. The van der Waals surface area contributed by atoms with Gasteiger partial charge in [-0.25, -0.2) is 0 Å². The number of aliphatic hydroxyl groups excluding tert-OH is 2. The Morgan fingerprint density at radius 3 is 2.00 bits per heavy atom. The molecule has 9 N–H and O–H groups in total. The monoisotopic (exact) mass is 576 g/mol. The molecule has 4 aromatic carbocycles. The van der Waals surface area contributed by atoms with Gasteiger partial charge in [-0.1, -0.05) is 6.07 Å². The summed E-state index contributed by atoms with van der Waals surface area (Å²) in [6.45, 7) is 0. The number of benzene rings is 4. The molecule has 5 atom stereocenters. The molecule has 0 aromatic heterocycles.